The fraction of sp³-hybridized carbons (Fsp3) is 0.857. The van der Waals surface area contributed by atoms with Gasteiger partial charge >= 0.3 is 0 Å². The van der Waals surface area contributed by atoms with Crippen LogP contribution in [-0.2, 0) is 4.79 Å². The van der Waals surface area contributed by atoms with Gasteiger partial charge in [-0.05, 0) is 6.92 Å². The molecule has 0 aliphatic rings. The molecule has 3 N–H and O–H groups in total. The van der Waals surface area contributed by atoms with Crippen LogP contribution in [0.4, 0.5) is 0 Å². The fourth-order valence-corrected chi connectivity index (χ4v) is 0.838. The van der Waals surface area contributed by atoms with Crippen LogP contribution in [0, 0.1) is 0 Å². The van der Waals surface area contributed by atoms with Crippen molar-refractivity contribution in [3.05, 3.63) is 0 Å². The van der Waals surface area contributed by atoms with Gasteiger partial charge in [-0.25, -0.2) is 0 Å². The van der Waals surface area contributed by atoms with Gasteiger partial charge in [0.15, 0.2) is 0 Å². The highest BCUT2D eigenvalue weighted by atomic mass is 16.3. The summed E-state index contributed by atoms with van der Waals surface area (Å²) in [4.78, 5) is 12.3. The third-order valence-electron chi connectivity index (χ3n) is 1.41. The minimum Gasteiger partial charge on any atom is -0.395 e. The molecule has 1 amide bonds. The van der Waals surface area contributed by atoms with Crippen molar-refractivity contribution in [3.63, 3.8) is 0 Å². The van der Waals surface area contributed by atoms with E-state index in [1.54, 1.807) is 0 Å². The van der Waals surface area contributed by atoms with Gasteiger partial charge in [0.25, 0.3) is 5.91 Å². The lowest BCUT2D eigenvalue weighted by Gasteiger charge is -2.21. The maximum atomic E-state index is 11.1. The molecule has 72 valence electrons. The third kappa shape index (κ3) is 3.66. The normalized spacial score (nSPS) is 12.7. The van der Waals surface area contributed by atoms with Gasteiger partial charge in [-0.2, -0.15) is 0 Å². The predicted octanol–water partition coefficient (Wildman–Crippen LogP) is -1.82. The number of amides is 1. The molecule has 0 heterocycles. The molecule has 0 saturated heterocycles. The van der Waals surface area contributed by atoms with E-state index < -0.39 is 12.0 Å². The Bertz CT molecular complexity index is 131. The molecule has 0 rings (SSSR count). The highest BCUT2D eigenvalue weighted by Crippen LogP contribution is 1.93. The van der Waals surface area contributed by atoms with E-state index in [9.17, 15) is 4.79 Å². The van der Waals surface area contributed by atoms with E-state index in [0.29, 0.717) is 0 Å². The van der Waals surface area contributed by atoms with Gasteiger partial charge in [0.05, 0.1) is 13.2 Å². The van der Waals surface area contributed by atoms with Crippen LogP contribution >= 0.6 is 0 Å². The Morgan fingerprint density at radius 3 is 2.00 bits per heavy atom. The largest absolute Gasteiger partial charge is 0.395 e. The highest BCUT2D eigenvalue weighted by Gasteiger charge is 2.16. The zero-order valence-electron chi connectivity index (χ0n) is 7.10. The second kappa shape index (κ2) is 5.93. The monoisotopic (exact) mass is 177 g/mol. The molecular weight excluding hydrogens is 162 g/mol. The first-order valence-corrected chi connectivity index (χ1v) is 3.82. The summed E-state index contributed by atoms with van der Waals surface area (Å²) in [6, 6.07) is 0. The zero-order valence-corrected chi connectivity index (χ0v) is 7.10. The van der Waals surface area contributed by atoms with Gasteiger partial charge in [0.2, 0.25) is 0 Å². The third-order valence-corrected chi connectivity index (χ3v) is 1.41. The molecule has 5 nitrogen and oxygen atoms in total. The fourth-order valence-electron chi connectivity index (χ4n) is 0.838. The van der Waals surface area contributed by atoms with Gasteiger partial charge < -0.3 is 20.2 Å². The quantitative estimate of drug-likeness (QED) is 0.462. The molecule has 0 saturated carbocycles. The van der Waals surface area contributed by atoms with Crippen molar-refractivity contribution in [3.8, 4) is 0 Å². The van der Waals surface area contributed by atoms with Crippen molar-refractivity contribution in [2.45, 2.75) is 13.0 Å². The van der Waals surface area contributed by atoms with Gasteiger partial charge in [-0.3, -0.25) is 4.79 Å². The molecular formula is C7H15NO4. The smallest absolute Gasteiger partial charge is 0.251 e. The zero-order chi connectivity index (χ0) is 9.56. The molecule has 0 bridgehead atoms. The Balaban J connectivity index is 3.99. The average Bonchev–Trinajstić information content (AvgIpc) is 2.03. The lowest BCUT2D eigenvalue weighted by molar-refractivity contribution is -0.140. The molecule has 0 aliphatic heterocycles. The van der Waals surface area contributed by atoms with E-state index in [1.807, 2.05) is 0 Å². The van der Waals surface area contributed by atoms with E-state index in [4.69, 9.17) is 15.3 Å². The lowest BCUT2D eigenvalue weighted by atomic mass is 10.3. The Kier molecular flexibility index (Phi) is 5.61. The van der Waals surface area contributed by atoms with Crippen molar-refractivity contribution in [2.24, 2.45) is 0 Å². The van der Waals surface area contributed by atoms with Gasteiger partial charge in [0.1, 0.15) is 6.10 Å². The topological polar surface area (TPSA) is 81.0 Å². The number of hydrogen-bond acceptors (Lipinski definition) is 4. The number of aliphatic hydroxyl groups excluding tert-OH is 3. The Labute approximate surface area is 71.2 Å². The van der Waals surface area contributed by atoms with E-state index in [0.717, 1.165) is 0 Å². The molecule has 0 unspecified atom stereocenters. The Morgan fingerprint density at radius 1 is 1.33 bits per heavy atom. The summed E-state index contributed by atoms with van der Waals surface area (Å²) >= 11 is 0. The maximum Gasteiger partial charge on any atom is 0.251 e. The molecule has 0 fully saturated rings. The number of rotatable bonds is 5. The first-order valence-electron chi connectivity index (χ1n) is 3.82. The van der Waals surface area contributed by atoms with E-state index in [1.165, 1.54) is 11.8 Å². The second-order valence-corrected chi connectivity index (χ2v) is 2.45. The first kappa shape index (κ1) is 11.4. The number of aliphatic hydroxyl groups is 3. The molecule has 0 aliphatic carbocycles. The summed E-state index contributed by atoms with van der Waals surface area (Å²) in [5.74, 6) is -0.474. The van der Waals surface area contributed by atoms with E-state index in [2.05, 4.69) is 0 Å². The number of carbonyl (C=O) groups excluding carboxylic acids is 1. The average molecular weight is 177 g/mol. The van der Waals surface area contributed by atoms with Crippen LogP contribution in [0.5, 0.6) is 0 Å². The standard InChI is InChI=1S/C7H15NO4/c1-6(11)7(12)8(2-4-9)3-5-10/h6,9-11H,2-5H2,1H3/t6-/m0/s1. The van der Waals surface area contributed by atoms with E-state index >= 15 is 0 Å². The van der Waals surface area contributed by atoms with Crippen LogP contribution in [0.3, 0.4) is 0 Å². The molecule has 0 spiro atoms. The Morgan fingerprint density at radius 2 is 1.75 bits per heavy atom. The van der Waals surface area contributed by atoms with Crippen LogP contribution in [0.25, 0.3) is 0 Å². The molecule has 0 radical (unpaired) electrons. The maximum absolute atomic E-state index is 11.1. The van der Waals surface area contributed by atoms with Crippen LogP contribution in [0.2, 0.25) is 0 Å². The summed E-state index contributed by atoms with van der Waals surface area (Å²) in [5.41, 5.74) is 0. The number of carbonyl (C=O) groups is 1. The minimum absolute atomic E-state index is 0.143. The summed E-state index contributed by atoms with van der Waals surface area (Å²) in [5, 5.41) is 26.0. The molecule has 5 heteroatoms. The van der Waals surface area contributed by atoms with Gasteiger partial charge in [-0.15, -0.1) is 0 Å². The summed E-state index contributed by atoms with van der Waals surface area (Å²) in [6.45, 7) is 1.30. The van der Waals surface area contributed by atoms with Gasteiger partial charge in [0, 0.05) is 13.1 Å². The minimum atomic E-state index is -1.08. The van der Waals surface area contributed by atoms with Crippen LogP contribution in [-0.4, -0.2) is 58.5 Å². The van der Waals surface area contributed by atoms with E-state index in [-0.39, 0.29) is 26.3 Å². The van der Waals surface area contributed by atoms with Gasteiger partial charge in [-0.1, -0.05) is 0 Å². The number of nitrogens with zero attached hydrogens (tertiary/aromatic N) is 1. The SMILES string of the molecule is C[C@H](O)C(=O)N(CCO)CCO. The van der Waals surface area contributed by atoms with Crippen LogP contribution in [0.15, 0.2) is 0 Å². The summed E-state index contributed by atoms with van der Waals surface area (Å²) in [6.07, 6.45) is -1.08. The highest BCUT2D eigenvalue weighted by molar-refractivity contribution is 5.80. The van der Waals surface area contributed by atoms with Crippen molar-refractivity contribution in [2.75, 3.05) is 26.3 Å². The van der Waals surface area contributed by atoms with Crippen molar-refractivity contribution >= 4 is 5.91 Å². The molecule has 0 aromatic rings. The van der Waals surface area contributed by atoms with Crippen molar-refractivity contribution in [1.29, 1.82) is 0 Å². The lowest BCUT2D eigenvalue weighted by Crippen LogP contribution is -2.41. The predicted molar refractivity (Wildman–Crippen MR) is 42.4 cm³/mol. The Hall–Kier alpha value is -0.650. The summed E-state index contributed by atoms with van der Waals surface area (Å²) in [7, 11) is 0. The van der Waals surface area contributed by atoms with Crippen LogP contribution < -0.4 is 0 Å². The van der Waals surface area contributed by atoms with Crippen molar-refractivity contribution < 1.29 is 20.1 Å². The molecule has 0 aromatic carbocycles. The second-order valence-electron chi connectivity index (χ2n) is 2.45. The van der Waals surface area contributed by atoms with Crippen LogP contribution in [0.1, 0.15) is 6.92 Å². The molecule has 1 atom stereocenters. The first-order chi connectivity index (χ1) is 5.63. The molecule has 12 heavy (non-hydrogen) atoms. The number of hydrogen-bond donors (Lipinski definition) is 3. The van der Waals surface area contributed by atoms with Crippen molar-refractivity contribution in [1.82, 2.24) is 4.90 Å². The summed E-state index contributed by atoms with van der Waals surface area (Å²) < 4.78 is 0. The molecule has 0 aromatic heterocycles.